The van der Waals surface area contributed by atoms with Crippen LogP contribution in [0.2, 0.25) is 0 Å². The van der Waals surface area contributed by atoms with Crippen LogP contribution < -0.4 is 0 Å². The Morgan fingerprint density at radius 1 is 1.42 bits per heavy atom. The zero-order chi connectivity index (χ0) is 13.5. The van der Waals surface area contributed by atoms with Crippen LogP contribution in [0.25, 0.3) is 0 Å². The molecular formula is C15H17BrClFO. The number of benzene rings is 1. The summed E-state index contributed by atoms with van der Waals surface area (Å²) >= 11 is 9.55. The lowest BCUT2D eigenvalue weighted by atomic mass is 9.75. The standard InChI is InChI=1S/C15H17BrClFO/c16-12-4-3-11(13(18)7-12)8-15(9-17)5-6-19-14(15)10-1-2-10/h3-4,7,10,14H,1-2,5-6,8-9H2. The van der Waals surface area contributed by atoms with Crippen LogP contribution in [0.5, 0.6) is 0 Å². The molecule has 1 heterocycles. The largest absolute Gasteiger partial charge is 0.377 e. The van der Waals surface area contributed by atoms with Crippen molar-refractivity contribution in [2.75, 3.05) is 12.5 Å². The Labute approximate surface area is 126 Å². The molecule has 1 aliphatic heterocycles. The molecule has 4 heteroatoms. The van der Waals surface area contributed by atoms with Crippen LogP contribution in [0, 0.1) is 17.2 Å². The molecule has 1 aliphatic carbocycles. The van der Waals surface area contributed by atoms with E-state index in [0.29, 0.717) is 18.2 Å². The highest BCUT2D eigenvalue weighted by molar-refractivity contribution is 9.10. The van der Waals surface area contributed by atoms with E-state index in [2.05, 4.69) is 15.9 Å². The maximum atomic E-state index is 14.0. The number of ether oxygens (including phenoxy) is 1. The first kappa shape index (κ1) is 13.8. The predicted molar refractivity (Wildman–Crippen MR) is 78.0 cm³/mol. The lowest BCUT2D eigenvalue weighted by Gasteiger charge is -2.32. The summed E-state index contributed by atoms with van der Waals surface area (Å²) in [5, 5.41) is 0. The Morgan fingerprint density at radius 3 is 2.84 bits per heavy atom. The molecule has 1 aromatic rings. The number of alkyl halides is 1. The first-order valence-corrected chi connectivity index (χ1v) is 8.09. The van der Waals surface area contributed by atoms with Crippen LogP contribution in [-0.4, -0.2) is 18.6 Å². The fraction of sp³-hybridized carbons (Fsp3) is 0.600. The smallest absolute Gasteiger partial charge is 0.127 e. The monoisotopic (exact) mass is 346 g/mol. The highest BCUT2D eigenvalue weighted by Crippen LogP contribution is 2.50. The van der Waals surface area contributed by atoms with Crippen LogP contribution in [0.15, 0.2) is 22.7 Å². The molecule has 0 amide bonds. The van der Waals surface area contributed by atoms with Crippen molar-refractivity contribution < 1.29 is 9.13 Å². The van der Waals surface area contributed by atoms with E-state index in [-0.39, 0.29) is 17.3 Å². The molecule has 0 aromatic heterocycles. The van der Waals surface area contributed by atoms with Crippen molar-refractivity contribution in [3.63, 3.8) is 0 Å². The summed E-state index contributed by atoms with van der Waals surface area (Å²) < 4.78 is 20.7. The molecule has 2 atom stereocenters. The lowest BCUT2D eigenvalue weighted by Crippen LogP contribution is -2.37. The number of hydrogen-bond donors (Lipinski definition) is 0. The fourth-order valence-electron chi connectivity index (χ4n) is 3.17. The van der Waals surface area contributed by atoms with Gasteiger partial charge in [-0.2, -0.15) is 0 Å². The number of halogens is 3. The maximum Gasteiger partial charge on any atom is 0.127 e. The van der Waals surface area contributed by atoms with Gasteiger partial charge in [0.15, 0.2) is 0 Å². The maximum absolute atomic E-state index is 14.0. The minimum absolute atomic E-state index is 0.0859. The van der Waals surface area contributed by atoms with Gasteiger partial charge in [-0.05, 0) is 49.3 Å². The van der Waals surface area contributed by atoms with E-state index in [1.54, 1.807) is 0 Å². The van der Waals surface area contributed by atoms with Gasteiger partial charge in [0.05, 0.1) is 6.10 Å². The first-order chi connectivity index (χ1) is 9.14. The van der Waals surface area contributed by atoms with Gasteiger partial charge in [-0.25, -0.2) is 4.39 Å². The van der Waals surface area contributed by atoms with Gasteiger partial charge in [-0.3, -0.25) is 0 Å². The summed E-state index contributed by atoms with van der Waals surface area (Å²) in [5.74, 6) is 1.03. The SMILES string of the molecule is Fc1cc(Br)ccc1CC1(CCl)CCOC1C1CC1. The summed E-state index contributed by atoms with van der Waals surface area (Å²) in [7, 11) is 0. The third kappa shape index (κ3) is 2.70. The van der Waals surface area contributed by atoms with Gasteiger partial charge in [0.1, 0.15) is 5.82 Å². The van der Waals surface area contributed by atoms with Crippen LogP contribution in [-0.2, 0) is 11.2 Å². The van der Waals surface area contributed by atoms with Crippen LogP contribution in [0.1, 0.15) is 24.8 Å². The number of hydrogen-bond acceptors (Lipinski definition) is 1. The molecule has 0 radical (unpaired) electrons. The predicted octanol–water partition coefficient (Wildman–Crippen LogP) is 4.55. The third-order valence-corrected chi connectivity index (χ3v) is 5.40. The summed E-state index contributed by atoms with van der Waals surface area (Å²) in [5.41, 5.74) is 0.664. The highest BCUT2D eigenvalue weighted by Gasteiger charge is 2.50. The zero-order valence-electron chi connectivity index (χ0n) is 10.7. The van der Waals surface area contributed by atoms with Gasteiger partial charge in [0, 0.05) is 22.4 Å². The third-order valence-electron chi connectivity index (χ3n) is 4.37. The second kappa shape index (κ2) is 5.34. The molecule has 3 rings (SSSR count). The molecule has 1 nitrogen and oxygen atoms in total. The summed E-state index contributed by atoms with van der Waals surface area (Å²) in [4.78, 5) is 0. The Balaban J connectivity index is 1.85. The van der Waals surface area contributed by atoms with E-state index in [1.165, 1.54) is 18.9 Å². The molecule has 104 valence electrons. The topological polar surface area (TPSA) is 9.23 Å². The number of rotatable bonds is 4. The average molecular weight is 348 g/mol. The van der Waals surface area contributed by atoms with Crippen LogP contribution in [0.3, 0.4) is 0 Å². The molecular weight excluding hydrogens is 331 g/mol. The molecule has 0 spiro atoms. The van der Waals surface area contributed by atoms with Crippen molar-refractivity contribution in [2.24, 2.45) is 11.3 Å². The van der Waals surface area contributed by atoms with Crippen molar-refractivity contribution >= 4 is 27.5 Å². The van der Waals surface area contributed by atoms with E-state index in [4.69, 9.17) is 16.3 Å². The fourth-order valence-corrected chi connectivity index (χ4v) is 3.88. The van der Waals surface area contributed by atoms with Crippen molar-refractivity contribution in [1.29, 1.82) is 0 Å². The molecule has 1 saturated heterocycles. The Kier molecular flexibility index (Phi) is 3.89. The van der Waals surface area contributed by atoms with E-state index >= 15 is 0 Å². The van der Waals surface area contributed by atoms with Gasteiger partial charge >= 0.3 is 0 Å². The van der Waals surface area contributed by atoms with Crippen LogP contribution in [0.4, 0.5) is 4.39 Å². The quantitative estimate of drug-likeness (QED) is 0.726. The summed E-state index contributed by atoms with van der Waals surface area (Å²) in [6.07, 6.45) is 4.29. The zero-order valence-corrected chi connectivity index (χ0v) is 13.0. The molecule has 0 bridgehead atoms. The molecule has 2 fully saturated rings. The van der Waals surface area contributed by atoms with Crippen molar-refractivity contribution in [3.05, 3.63) is 34.1 Å². The van der Waals surface area contributed by atoms with Gasteiger partial charge in [0.25, 0.3) is 0 Å². The first-order valence-electron chi connectivity index (χ1n) is 6.76. The van der Waals surface area contributed by atoms with E-state index in [1.807, 2.05) is 12.1 Å². The molecule has 0 N–H and O–H groups in total. The second-order valence-electron chi connectivity index (χ2n) is 5.79. The molecule has 2 aliphatic rings. The molecule has 2 unspecified atom stereocenters. The summed E-state index contributed by atoms with van der Waals surface area (Å²) in [6, 6.07) is 5.28. The molecule has 1 aromatic carbocycles. The second-order valence-corrected chi connectivity index (χ2v) is 6.97. The average Bonchev–Trinajstić information content (AvgIpc) is 3.15. The van der Waals surface area contributed by atoms with Gasteiger partial charge < -0.3 is 4.74 Å². The minimum Gasteiger partial charge on any atom is -0.377 e. The van der Waals surface area contributed by atoms with Gasteiger partial charge in [-0.15, -0.1) is 11.6 Å². The Morgan fingerprint density at radius 2 is 2.21 bits per heavy atom. The van der Waals surface area contributed by atoms with Crippen molar-refractivity contribution in [2.45, 2.75) is 31.8 Å². The van der Waals surface area contributed by atoms with Gasteiger partial charge in [-0.1, -0.05) is 22.0 Å². The lowest BCUT2D eigenvalue weighted by molar-refractivity contribution is 0.0400. The van der Waals surface area contributed by atoms with Crippen LogP contribution >= 0.6 is 27.5 Å². The van der Waals surface area contributed by atoms with E-state index < -0.39 is 0 Å². The van der Waals surface area contributed by atoms with E-state index in [9.17, 15) is 4.39 Å². The van der Waals surface area contributed by atoms with Crippen molar-refractivity contribution in [3.8, 4) is 0 Å². The van der Waals surface area contributed by atoms with Crippen molar-refractivity contribution in [1.82, 2.24) is 0 Å². The highest BCUT2D eigenvalue weighted by atomic mass is 79.9. The van der Waals surface area contributed by atoms with Gasteiger partial charge in [0.2, 0.25) is 0 Å². The normalized spacial score (nSPS) is 30.8. The molecule has 19 heavy (non-hydrogen) atoms. The molecule has 1 saturated carbocycles. The Bertz CT molecular complexity index is 477. The minimum atomic E-state index is -0.152. The Hall–Kier alpha value is -0.120. The summed E-state index contributed by atoms with van der Waals surface area (Å²) in [6.45, 7) is 0.756. The van der Waals surface area contributed by atoms with E-state index in [0.717, 1.165) is 23.1 Å².